The lowest BCUT2D eigenvalue weighted by Crippen LogP contribution is -2.38. The number of carbonyl (C=O) groups excluding carboxylic acids is 1. The van der Waals surface area contributed by atoms with Gasteiger partial charge >= 0.3 is 0 Å². The van der Waals surface area contributed by atoms with E-state index in [2.05, 4.69) is 15.6 Å². The van der Waals surface area contributed by atoms with E-state index in [1.165, 1.54) is 41.6 Å². The minimum Gasteiger partial charge on any atom is -0.370 e. The van der Waals surface area contributed by atoms with E-state index in [0.717, 1.165) is 49.6 Å². The Balaban J connectivity index is 0.000000144. The van der Waals surface area contributed by atoms with E-state index < -0.39 is 0 Å². The number of halogens is 1. The first-order chi connectivity index (χ1) is 12.7. The lowest BCUT2D eigenvalue weighted by molar-refractivity contribution is -0.131. The molecule has 3 aliphatic rings. The van der Waals surface area contributed by atoms with Gasteiger partial charge in [-0.25, -0.2) is 9.37 Å². The van der Waals surface area contributed by atoms with Crippen LogP contribution in [0.15, 0.2) is 35.1 Å². The van der Waals surface area contributed by atoms with Gasteiger partial charge in [0.1, 0.15) is 11.3 Å². The molecule has 1 fully saturated rings. The summed E-state index contributed by atoms with van der Waals surface area (Å²) in [4.78, 5) is 17.8. The monoisotopic (exact) mass is 374 g/mol. The highest BCUT2D eigenvalue weighted by Gasteiger charge is 2.27. The molecule has 138 valence electrons. The second-order valence-electron chi connectivity index (χ2n) is 6.97. The van der Waals surface area contributed by atoms with Gasteiger partial charge in [-0.15, -0.1) is 11.3 Å². The van der Waals surface area contributed by atoms with Crippen molar-refractivity contribution in [3.05, 3.63) is 40.9 Å². The third-order valence-corrected chi connectivity index (χ3v) is 5.87. The number of rotatable bonds is 3. The predicted molar refractivity (Wildman–Crippen MR) is 101 cm³/mol. The molecule has 5 nitrogen and oxygen atoms in total. The maximum atomic E-state index is 12.8. The van der Waals surface area contributed by atoms with Crippen LogP contribution in [-0.4, -0.2) is 35.5 Å². The van der Waals surface area contributed by atoms with E-state index in [9.17, 15) is 9.18 Å². The average molecular weight is 374 g/mol. The highest BCUT2D eigenvalue weighted by atomic mass is 32.1. The molecule has 1 saturated carbocycles. The first kappa shape index (κ1) is 17.3. The minimum atomic E-state index is -0.237. The molecule has 1 aromatic carbocycles. The van der Waals surface area contributed by atoms with Crippen molar-refractivity contribution >= 4 is 27.5 Å². The molecule has 0 atom stereocenters. The SMILES string of the molecule is Fc1cccc2scnc12.O=C(CCC1CC1)N1CCC2=C(C1)NCN2. The lowest BCUT2D eigenvalue weighted by Gasteiger charge is -2.27. The van der Waals surface area contributed by atoms with Gasteiger partial charge in [0.2, 0.25) is 5.91 Å². The van der Waals surface area contributed by atoms with Crippen LogP contribution in [0, 0.1) is 11.7 Å². The van der Waals surface area contributed by atoms with Gasteiger partial charge in [-0.3, -0.25) is 4.79 Å². The molecule has 0 unspecified atom stereocenters. The van der Waals surface area contributed by atoms with Crippen LogP contribution in [0.5, 0.6) is 0 Å². The zero-order valence-corrected chi connectivity index (χ0v) is 15.4. The Morgan fingerprint density at radius 2 is 2.15 bits per heavy atom. The van der Waals surface area contributed by atoms with Crippen molar-refractivity contribution in [2.24, 2.45) is 5.92 Å². The molecule has 0 spiro atoms. The first-order valence-electron chi connectivity index (χ1n) is 9.16. The maximum Gasteiger partial charge on any atom is 0.222 e. The number of thiazole rings is 1. The van der Waals surface area contributed by atoms with Gasteiger partial charge < -0.3 is 15.5 Å². The first-order valence-corrected chi connectivity index (χ1v) is 10.0. The molecule has 5 rings (SSSR count). The van der Waals surface area contributed by atoms with Crippen LogP contribution >= 0.6 is 11.3 Å². The normalized spacial score (nSPS) is 18.7. The summed E-state index contributed by atoms with van der Waals surface area (Å²) in [5, 5.41) is 6.60. The quantitative estimate of drug-likeness (QED) is 0.866. The second-order valence-corrected chi connectivity index (χ2v) is 7.86. The molecule has 3 heterocycles. The van der Waals surface area contributed by atoms with Crippen molar-refractivity contribution in [2.45, 2.75) is 32.1 Å². The van der Waals surface area contributed by atoms with E-state index in [1.54, 1.807) is 11.6 Å². The van der Waals surface area contributed by atoms with Crippen LogP contribution in [0.3, 0.4) is 0 Å². The van der Waals surface area contributed by atoms with Crippen molar-refractivity contribution in [3.63, 3.8) is 0 Å². The Bertz CT molecular complexity index is 830. The van der Waals surface area contributed by atoms with Crippen LogP contribution in [-0.2, 0) is 4.79 Å². The van der Waals surface area contributed by atoms with Crippen LogP contribution in [0.4, 0.5) is 4.39 Å². The smallest absolute Gasteiger partial charge is 0.222 e. The number of carbonyl (C=O) groups is 1. The van der Waals surface area contributed by atoms with Crippen LogP contribution in [0.1, 0.15) is 32.1 Å². The molecule has 2 N–H and O–H groups in total. The van der Waals surface area contributed by atoms with Crippen LogP contribution < -0.4 is 10.6 Å². The van der Waals surface area contributed by atoms with Crippen molar-refractivity contribution in [1.29, 1.82) is 0 Å². The number of amides is 1. The Labute approximate surface area is 156 Å². The molecular formula is C19H23FN4OS. The summed E-state index contributed by atoms with van der Waals surface area (Å²) < 4.78 is 13.7. The third-order valence-electron chi connectivity index (χ3n) is 5.08. The van der Waals surface area contributed by atoms with E-state index in [4.69, 9.17) is 0 Å². The predicted octanol–water partition coefficient (Wildman–Crippen LogP) is 3.21. The minimum absolute atomic E-state index is 0.237. The van der Waals surface area contributed by atoms with Crippen LogP contribution in [0.2, 0.25) is 0 Å². The summed E-state index contributed by atoms with van der Waals surface area (Å²) in [6.07, 6.45) is 5.52. The van der Waals surface area contributed by atoms with Crippen molar-refractivity contribution in [1.82, 2.24) is 20.5 Å². The Morgan fingerprint density at radius 3 is 2.96 bits per heavy atom. The fourth-order valence-corrected chi connectivity index (χ4v) is 4.03. The Hall–Kier alpha value is -2.15. The Kier molecular flexibility index (Phi) is 5.06. The molecule has 0 radical (unpaired) electrons. The van der Waals surface area contributed by atoms with E-state index >= 15 is 0 Å². The molecule has 1 aromatic heterocycles. The number of hydrogen-bond donors (Lipinski definition) is 2. The number of nitrogens with zero attached hydrogens (tertiary/aromatic N) is 2. The molecule has 26 heavy (non-hydrogen) atoms. The highest BCUT2D eigenvalue weighted by molar-refractivity contribution is 7.16. The molecule has 0 saturated heterocycles. The van der Waals surface area contributed by atoms with Crippen LogP contribution in [0.25, 0.3) is 10.2 Å². The number of para-hydroxylation sites is 1. The number of aromatic nitrogens is 1. The Morgan fingerprint density at radius 1 is 1.31 bits per heavy atom. The summed E-state index contributed by atoms with van der Waals surface area (Å²) in [6.45, 7) is 2.50. The zero-order chi connectivity index (χ0) is 17.9. The van der Waals surface area contributed by atoms with Gasteiger partial charge in [0.25, 0.3) is 0 Å². The van der Waals surface area contributed by atoms with E-state index in [1.807, 2.05) is 11.0 Å². The molecule has 7 heteroatoms. The van der Waals surface area contributed by atoms with Crippen molar-refractivity contribution < 1.29 is 9.18 Å². The summed E-state index contributed by atoms with van der Waals surface area (Å²) >= 11 is 1.45. The standard InChI is InChI=1S/C12H19N3O.C7H4FNS/c16-12(4-3-9-1-2-9)15-6-5-10-11(7-15)14-8-13-10;8-5-2-1-3-6-7(5)9-4-10-6/h9,13-14H,1-8H2;1-4H. The lowest BCUT2D eigenvalue weighted by atomic mass is 10.1. The van der Waals surface area contributed by atoms with Gasteiger partial charge in [0, 0.05) is 25.1 Å². The van der Waals surface area contributed by atoms with E-state index in [0.29, 0.717) is 11.4 Å². The number of hydrogen-bond acceptors (Lipinski definition) is 5. The third kappa shape index (κ3) is 3.98. The number of fused-ring (bicyclic) bond motifs is 1. The molecule has 1 aliphatic carbocycles. The van der Waals surface area contributed by atoms with Gasteiger partial charge in [-0.1, -0.05) is 18.9 Å². The summed E-state index contributed by atoms with van der Waals surface area (Å²) in [5.74, 6) is 0.959. The fourth-order valence-electron chi connectivity index (χ4n) is 3.34. The molecule has 0 bridgehead atoms. The second kappa shape index (κ2) is 7.61. The number of benzene rings is 1. The molecule has 2 aliphatic heterocycles. The molecule has 1 amide bonds. The van der Waals surface area contributed by atoms with Gasteiger partial charge in [0.15, 0.2) is 0 Å². The maximum absolute atomic E-state index is 12.8. The number of nitrogens with one attached hydrogen (secondary N) is 2. The average Bonchev–Trinajstić information content (AvgIpc) is 3.16. The van der Waals surface area contributed by atoms with Gasteiger partial charge in [-0.05, 0) is 24.5 Å². The van der Waals surface area contributed by atoms with E-state index in [-0.39, 0.29) is 5.82 Å². The summed E-state index contributed by atoms with van der Waals surface area (Å²) in [5.41, 5.74) is 4.66. The fraction of sp³-hybridized carbons (Fsp3) is 0.474. The van der Waals surface area contributed by atoms with Gasteiger partial charge in [-0.2, -0.15) is 0 Å². The highest BCUT2D eigenvalue weighted by Crippen LogP contribution is 2.33. The largest absolute Gasteiger partial charge is 0.370 e. The topological polar surface area (TPSA) is 57.3 Å². The molecule has 2 aromatic rings. The van der Waals surface area contributed by atoms with Gasteiger partial charge in [0.05, 0.1) is 29.1 Å². The summed E-state index contributed by atoms with van der Waals surface area (Å²) in [6, 6.07) is 4.97. The molecular weight excluding hydrogens is 351 g/mol. The van der Waals surface area contributed by atoms with Crippen molar-refractivity contribution in [2.75, 3.05) is 19.8 Å². The summed E-state index contributed by atoms with van der Waals surface area (Å²) in [7, 11) is 0. The van der Waals surface area contributed by atoms with Crippen molar-refractivity contribution in [3.8, 4) is 0 Å². The zero-order valence-electron chi connectivity index (χ0n) is 14.6.